The number of benzene rings is 1. The number of halogens is 1. The molecule has 1 heterocycles. The smallest absolute Gasteiger partial charge is 0.317 e. The minimum atomic E-state index is -0.833. The highest BCUT2D eigenvalue weighted by atomic mass is 79.9. The summed E-state index contributed by atoms with van der Waals surface area (Å²) in [7, 11) is 0. The third-order valence-corrected chi connectivity index (χ3v) is 3.56. The second kappa shape index (κ2) is 7.64. The maximum atomic E-state index is 11.9. The van der Waals surface area contributed by atoms with Crippen LogP contribution in [0.2, 0.25) is 0 Å². The van der Waals surface area contributed by atoms with Crippen molar-refractivity contribution in [1.29, 1.82) is 0 Å². The number of hydrogen-bond donors (Lipinski definition) is 2. The van der Waals surface area contributed by atoms with E-state index in [-0.39, 0.29) is 0 Å². The quantitative estimate of drug-likeness (QED) is 0.492. The molecule has 0 atom stereocenters. The summed E-state index contributed by atoms with van der Waals surface area (Å²) < 4.78 is 0.898. The minimum Gasteiger partial charge on any atom is -0.317 e. The lowest BCUT2D eigenvalue weighted by molar-refractivity contribution is -0.136. The summed E-state index contributed by atoms with van der Waals surface area (Å²) in [6.07, 6.45) is 3.25. The number of aromatic nitrogens is 1. The third-order valence-electron chi connectivity index (χ3n) is 3.07. The van der Waals surface area contributed by atoms with Gasteiger partial charge in [0.25, 0.3) is 0 Å². The summed E-state index contributed by atoms with van der Waals surface area (Å²) in [5.74, 6) is -1.61. The lowest BCUT2D eigenvalue weighted by Crippen LogP contribution is -2.33. The maximum Gasteiger partial charge on any atom is 0.329 e. The number of carbonyl (C=O) groups excluding carboxylic acids is 2. The first kappa shape index (κ1) is 16.8. The van der Waals surface area contributed by atoms with Gasteiger partial charge < -0.3 is 5.32 Å². The maximum absolute atomic E-state index is 11.9. The average molecular weight is 375 g/mol. The van der Waals surface area contributed by atoms with Crippen LogP contribution in [-0.4, -0.2) is 22.5 Å². The molecule has 0 saturated carbocycles. The molecule has 23 heavy (non-hydrogen) atoms. The average Bonchev–Trinajstić information content (AvgIpc) is 2.55. The number of hydrazone groups is 1. The molecule has 0 unspecified atom stereocenters. The number of hydrogen-bond acceptors (Lipinski definition) is 4. The SMILES string of the molecule is C/C(=N\NC(=O)C(=O)Nc1ccc(Br)cc1C)c1ccncc1. The fraction of sp³-hybridized carbons (Fsp3) is 0.125. The molecule has 6 nitrogen and oxygen atoms in total. The van der Waals surface area contributed by atoms with Crippen LogP contribution >= 0.6 is 15.9 Å². The van der Waals surface area contributed by atoms with E-state index in [2.05, 4.69) is 36.8 Å². The van der Waals surface area contributed by atoms with Crippen LogP contribution in [0.15, 0.2) is 52.3 Å². The molecular weight excluding hydrogens is 360 g/mol. The van der Waals surface area contributed by atoms with E-state index in [1.165, 1.54) is 0 Å². The van der Waals surface area contributed by atoms with E-state index >= 15 is 0 Å². The molecule has 0 bridgehead atoms. The summed E-state index contributed by atoms with van der Waals surface area (Å²) >= 11 is 3.34. The predicted molar refractivity (Wildman–Crippen MR) is 92.1 cm³/mol. The Morgan fingerprint density at radius 1 is 1.13 bits per heavy atom. The van der Waals surface area contributed by atoms with Gasteiger partial charge in [0.15, 0.2) is 0 Å². The summed E-state index contributed by atoms with van der Waals surface area (Å²) in [6.45, 7) is 3.57. The highest BCUT2D eigenvalue weighted by Gasteiger charge is 2.14. The molecule has 2 rings (SSSR count). The number of nitrogens with one attached hydrogen (secondary N) is 2. The number of nitrogens with zero attached hydrogens (tertiary/aromatic N) is 2. The monoisotopic (exact) mass is 374 g/mol. The molecule has 118 valence electrons. The number of rotatable bonds is 3. The number of amides is 2. The molecule has 1 aromatic heterocycles. The van der Waals surface area contributed by atoms with Crippen molar-refractivity contribution in [3.8, 4) is 0 Å². The van der Waals surface area contributed by atoms with E-state index in [0.717, 1.165) is 15.6 Å². The highest BCUT2D eigenvalue weighted by molar-refractivity contribution is 9.10. The Balaban J connectivity index is 1.99. The van der Waals surface area contributed by atoms with Crippen LogP contribution < -0.4 is 10.7 Å². The molecule has 0 aliphatic carbocycles. The van der Waals surface area contributed by atoms with Crippen LogP contribution in [0, 0.1) is 6.92 Å². The second-order valence-electron chi connectivity index (χ2n) is 4.79. The van der Waals surface area contributed by atoms with Gasteiger partial charge in [-0.3, -0.25) is 14.6 Å². The lowest BCUT2D eigenvalue weighted by atomic mass is 10.2. The predicted octanol–water partition coefficient (Wildman–Crippen LogP) is 2.63. The Morgan fingerprint density at radius 3 is 2.48 bits per heavy atom. The van der Waals surface area contributed by atoms with Gasteiger partial charge in [-0.15, -0.1) is 0 Å². The molecule has 2 N–H and O–H groups in total. The van der Waals surface area contributed by atoms with Gasteiger partial charge in [-0.05, 0) is 49.7 Å². The molecule has 0 saturated heterocycles. The topological polar surface area (TPSA) is 83.5 Å². The normalized spacial score (nSPS) is 11.0. The molecule has 2 amide bonds. The molecule has 1 aromatic carbocycles. The summed E-state index contributed by atoms with van der Waals surface area (Å²) in [6, 6.07) is 8.87. The molecular formula is C16H15BrN4O2. The van der Waals surface area contributed by atoms with Crippen molar-refractivity contribution >= 4 is 39.1 Å². The number of carbonyl (C=O) groups is 2. The van der Waals surface area contributed by atoms with Crippen LogP contribution in [0.3, 0.4) is 0 Å². The van der Waals surface area contributed by atoms with Crippen molar-refractivity contribution in [1.82, 2.24) is 10.4 Å². The lowest BCUT2D eigenvalue weighted by Gasteiger charge is -2.08. The standard InChI is InChI=1S/C16H15BrN4O2/c1-10-9-13(17)3-4-14(10)19-15(22)16(23)21-20-11(2)12-5-7-18-8-6-12/h3-9H,1-2H3,(H,19,22)(H,21,23)/b20-11+. The van der Waals surface area contributed by atoms with Gasteiger partial charge in [-0.25, -0.2) is 5.43 Å². The van der Waals surface area contributed by atoms with Crippen molar-refractivity contribution < 1.29 is 9.59 Å². The summed E-state index contributed by atoms with van der Waals surface area (Å²) in [4.78, 5) is 27.6. The van der Waals surface area contributed by atoms with Crippen LogP contribution in [0.25, 0.3) is 0 Å². The van der Waals surface area contributed by atoms with Crippen molar-refractivity contribution in [2.24, 2.45) is 5.10 Å². The molecule has 0 spiro atoms. The largest absolute Gasteiger partial charge is 0.329 e. The van der Waals surface area contributed by atoms with Crippen LogP contribution in [0.4, 0.5) is 5.69 Å². The first-order valence-electron chi connectivity index (χ1n) is 6.79. The van der Waals surface area contributed by atoms with Crippen molar-refractivity contribution in [2.75, 3.05) is 5.32 Å². The van der Waals surface area contributed by atoms with Crippen molar-refractivity contribution in [3.63, 3.8) is 0 Å². The van der Waals surface area contributed by atoms with E-state index in [1.54, 1.807) is 43.6 Å². The number of aryl methyl sites for hydroxylation is 1. The zero-order valence-corrected chi connectivity index (χ0v) is 14.2. The first-order valence-corrected chi connectivity index (χ1v) is 7.59. The zero-order valence-electron chi connectivity index (χ0n) is 12.6. The van der Waals surface area contributed by atoms with Crippen LogP contribution in [0.1, 0.15) is 18.1 Å². The Hall–Kier alpha value is -2.54. The van der Waals surface area contributed by atoms with Crippen LogP contribution in [-0.2, 0) is 9.59 Å². The fourth-order valence-electron chi connectivity index (χ4n) is 1.79. The Kier molecular flexibility index (Phi) is 5.59. The summed E-state index contributed by atoms with van der Waals surface area (Å²) in [5.41, 5.74) is 5.04. The third kappa shape index (κ3) is 4.72. The van der Waals surface area contributed by atoms with Gasteiger partial charge in [0.05, 0.1) is 5.71 Å². The van der Waals surface area contributed by atoms with Gasteiger partial charge in [-0.2, -0.15) is 5.10 Å². The minimum absolute atomic E-state index is 0.572. The Bertz CT molecular complexity index is 760. The zero-order chi connectivity index (χ0) is 16.8. The molecule has 0 aliphatic heterocycles. The van der Waals surface area contributed by atoms with Crippen molar-refractivity contribution in [3.05, 3.63) is 58.3 Å². The van der Waals surface area contributed by atoms with E-state index in [0.29, 0.717) is 11.4 Å². The van der Waals surface area contributed by atoms with E-state index < -0.39 is 11.8 Å². The van der Waals surface area contributed by atoms with E-state index in [9.17, 15) is 9.59 Å². The fourth-order valence-corrected chi connectivity index (χ4v) is 2.27. The highest BCUT2D eigenvalue weighted by Crippen LogP contribution is 2.19. The second-order valence-corrected chi connectivity index (χ2v) is 5.70. The van der Waals surface area contributed by atoms with Gasteiger partial charge in [0, 0.05) is 28.1 Å². The summed E-state index contributed by atoms with van der Waals surface area (Å²) in [5, 5.41) is 6.46. The van der Waals surface area contributed by atoms with Gasteiger partial charge in [-0.1, -0.05) is 15.9 Å². The van der Waals surface area contributed by atoms with E-state index in [4.69, 9.17) is 0 Å². The Morgan fingerprint density at radius 2 is 1.83 bits per heavy atom. The molecule has 7 heteroatoms. The van der Waals surface area contributed by atoms with Gasteiger partial charge in [0.1, 0.15) is 0 Å². The van der Waals surface area contributed by atoms with E-state index in [1.807, 2.05) is 13.0 Å². The molecule has 0 fully saturated rings. The van der Waals surface area contributed by atoms with Gasteiger partial charge in [0.2, 0.25) is 0 Å². The molecule has 0 radical (unpaired) electrons. The van der Waals surface area contributed by atoms with Crippen molar-refractivity contribution in [2.45, 2.75) is 13.8 Å². The Labute approximate surface area is 142 Å². The number of pyridine rings is 1. The number of anilines is 1. The molecule has 2 aromatic rings. The van der Waals surface area contributed by atoms with Crippen LogP contribution in [0.5, 0.6) is 0 Å². The van der Waals surface area contributed by atoms with Gasteiger partial charge >= 0.3 is 11.8 Å². The molecule has 0 aliphatic rings. The first-order chi connectivity index (χ1) is 11.0.